The maximum Gasteiger partial charge on any atom is 0.136 e. The molecule has 1 aromatic heterocycles. The number of hydrogen-bond acceptors (Lipinski definition) is 2. The van der Waals surface area contributed by atoms with Crippen molar-refractivity contribution in [3.8, 4) is 11.1 Å². The highest BCUT2D eigenvalue weighted by Gasteiger charge is 2.10. The Morgan fingerprint density at radius 1 is 1.44 bits per heavy atom. The zero-order valence-corrected chi connectivity index (χ0v) is 9.02. The summed E-state index contributed by atoms with van der Waals surface area (Å²) in [5.41, 5.74) is 1.52. The van der Waals surface area contributed by atoms with Crippen LogP contribution in [0.2, 0.25) is 0 Å². The molecule has 0 saturated heterocycles. The highest BCUT2D eigenvalue weighted by atomic mass is 19.1. The first kappa shape index (κ1) is 10.8. The van der Waals surface area contributed by atoms with Crippen LogP contribution in [0.3, 0.4) is 0 Å². The molecule has 1 aromatic carbocycles. The minimum Gasteiger partial charge on any atom is -0.392 e. The molecule has 2 rings (SSSR count). The lowest BCUT2D eigenvalue weighted by Crippen LogP contribution is -1.93. The predicted molar refractivity (Wildman–Crippen MR) is 59.2 cm³/mol. The van der Waals surface area contributed by atoms with Crippen molar-refractivity contribution in [2.45, 2.75) is 20.1 Å². The molecule has 0 atom stereocenters. The summed E-state index contributed by atoms with van der Waals surface area (Å²) in [6.07, 6.45) is 3.42. The molecule has 0 radical (unpaired) electrons. The van der Waals surface area contributed by atoms with Crippen molar-refractivity contribution in [1.29, 1.82) is 0 Å². The van der Waals surface area contributed by atoms with E-state index in [-0.39, 0.29) is 12.4 Å². The molecule has 3 nitrogen and oxygen atoms in total. The first-order valence-corrected chi connectivity index (χ1v) is 5.17. The predicted octanol–water partition coefficient (Wildman–Crippen LogP) is 2.20. The molecule has 1 N–H and O–H groups in total. The molecule has 0 aliphatic heterocycles. The molecule has 0 aliphatic rings. The molecule has 4 heteroatoms. The van der Waals surface area contributed by atoms with Gasteiger partial charge in [-0.25, -0.2) is 4.39 Å². The van der Waals surface area contributed by atoms with Crippen LogP contribution in [0.5, 0.6) is 0 Å². The van der Waals surface area contributed by atoms with Gasteiger partial charge in [-0.2, -0.15) is 5.10 Å². The van der Waals surface area contributed by atoms with E-state index in [0.717, 1.165) is 12.1 Å². The highest BCUT2D eigenvalue weighted by molar-refractivity contribution is 5.63. The van der Waals surface area contributed by atoms with Gasteiger partial charge >= 0.3 is 0 Å². The van der Waals surface area contributed by atoms with E-state index in [2.05, 4.69) is 5.10 Å². The molecule has 0 bridgehead atoms. The normalized spacial score (nSPS) is 10.7. The van der Waals surface area contributed by atoms with E-state index in [4.69, 9.17) is 5.11 Å². The molecule has 0 unspecified atom stereocenters. The standard InChI is InChI=1S/C12H13FN2O/c1-2-15-7-10(6-14-15)11-5-3-4-9(8-16)12(11)13/h3-7,16H,2,8H2,1H3. The average Bonchev–Trinajstić information content (AvgIpc) is 2.78. The third-order valence-electron chi connectivity index (χ3n) is 2.52. The molecular formula is C12H13FN2O. The van der Waals surface area contributed by atoms with Crippen molar-refractivity contribution in [3.05, 3.63) is 42.0 Å². The van der Waals surface area contributed by atoms with Crippen molar-refractivity contribution in [2.75, 3.05) is 0 Å². The van der Waals surface area contributed by atoms with Gasteiger partial charge in [0.2, 0.25) is 0 Å². The fourth-order valence-corrected chi connectivity index (χ4v) is 1.60. The Balaban J connectivity index is 2.47. The second kappa shape index (κ2) is 4.45. The van der Waals surface area contributed by atoms with Gasteiger partial charge in [0.15, 0.2) is 0 Å². The van der Waals surface area contributed by atoms with Crippen LogP contribution in [0.25, 0.3) is 11.1 Å². The van der Waals surface area contributed by atoms with Gasteiger partial charge in [-0.1, -0.05) is 18.2 Å². The van der Waals surface area contributed by atoms with Crippen molar-refractivity contribution >= 4 is 0 Å². The Bertz CT molecular complexity index is 494. The fourth-order valence-electron chi connectivity index (χ4n) is 1.60. The molecule has 16 heavy (non-hydrogen) atoms. The lowest BCUT2D eigenvalue weighted by Gasteiger charge is -2.03. The third-order valence-corrected chi connectivity index (χ3v) is 2.52. The van der Waals surface area contributed by atoms with E-state index in [1.807, 2.05) is 6.92 Å². The van der Waals surface area contributed by atoms with Gasteiger partial charge in [-0.15, -0.1) is 0 Å². The third kappa shape index (κ3) is 1.84. The van der Waals surface area contributed by atoms with E-state index < -0.39 is 0 Å². The lowest BCUT2D eigenvalue weighted by atomic mass is 10.1. The molecule has 0 aliphatic carbocycles. The van der Waals surface area contributed by atoms with Gasteiger partial charge in [0.05, 0.1) is 12.8 Å². The summed E-state index contributed by atoms with van der Waals surface area (Å²) in [5.74, 6) is -0.374. The Labute approximate surface area is 93.2 Å². The van der Waals surface area contributed by atoms with Crippen LogP contribution in [0.4, 0.5) is 4.39 Å². The minimum absolute atomic E-state index is 0.290. The summed E-state index contributed by atoms with van der Waals surface area (Å²) in [6, 6.07) is 4.99. The second-order valence-corrected chi connectivity index (χ2v) is 3.52. The smallest absolute Gasteiger partial charge is 0.136 e. The van der Waals surface area contributed by atoms with Crippen molar-refractivity contribution < 1.29 is 9.50 Å². The number of aromatic nitrogens is 2. The molecule has 1 heterocycles. The summed E-state index contributed by atoms with van der Waals surface area (Å²) in [6.45, 7) is 2.43. The van der Waals surface area contributed by atoms with Gasteiger partial charge in [-0.05, 0) is 6.92 Å². The van der Waals surface area contributed by atoms with Gasteiger partial charge in [0.1, 0.15) is 5.82 Å². The minimum atomic E-state index is -0.374. The van der Waals surface area contributed by atoms with Crippen molar-refractivity contribution in [1.82, 2.24) is 9.78 Å². The van der Waals surface area contributed by atoms with Crippen LogP contribution in [0.15, 0.2) is 30.6 Å². The molecule has 0 saturated carbocycles. The Morgan fingerprint density at radius 2 is 2.25 bits per heavy atom. The van der Waals surface area contributed by atoms with Crippen molar-refractivity contribution in [3.63, 3.8) is 0 Å². The van der Waals surface area contributed by atoms with Gasteiger partial charge in [-0.3, -0.25) is 4.68 Å². The van der Waals surface area contributed by atoms with Gasteiger partial charge in [0, 0.05) is 29.4 Å². The molecule has 0 fully saturated rings. The number of nitrogens with zero attached hydrogens (tertiary/aromatic N) is 2. The number of benzene rings is 1. The number of hydrogen-bond donors (Lipinski definition) is 1. The highest BCUT2D eigenvalue weighted by Crippen LogP contribution is 2.24. The topological polar surface area (TPSA) is 38.0 Å². The Kier molecular flexibility index (Phi) is 3.01. The van der Waals surface area contributed by atoms with Crippen molar-refractivity contribution in [2.24, 2.45) is 0 Å². The van der Waals surface area contributed by atoms with E-state index in [1.165, 1.54) is 0 Å². The van der Waals surface area contributed by atoms with Gasteiger partial charge < -0.3 is 5.11 Å². The number of aryl methyl sites for hydroxylation is 1. The second-order valence-electron chi connectivity index (χ2n) is 3.52. The summed E-state index contributed by atoms with van der Waals surface area (Å²) >= 11 is 0. The van der Waals surface area contributed by atoms with Crippen LogP contribution in [-0.4, -0.2) is 14.9 Å². The molecule has 0 amide bonds. The van der Waals surface area contributed by atoms with E-state index in [0.29, 0.717) is 11.1 Å². The zero-order chi connectivity index (χ0) is 11.5. The number of halogens is 1. The van der Waals surface area contributed by atoms with Crippen LogP contribution in [-0.2, 0) is 13.2 Å². The fraction of sp³-hybridized carbons (Fsp3) is 0.250. The Morgan fingerprint density at radius 3 is 2.88 bits per heavy atom. The van der Waals surface area contributed by atoms with Crippen LogP contribution < -0.4 is 0 Å². The molecule has 2 aromatic rings. The Hall–Kier alpha value is -1.68. The van der Waals surface area contributed by atoms with Crippen LogP contribution in [0, 0.1) is 5.82 Å². The van der Waals surface area contributed by atoms with Crippen LogP contribution >= 0.6 is 0 Å². The quantitative estimate of drug-likeness (QED) is 0.861. The average molecular weight is 220 g/mol. The molecule has 84 valence electrons. The van der Waals surface area contributed by atoms with Gasteiger partial charge in [0.25, 0.3) is 0 Å². The maximum atomic E-state index is 13.9. The lowest BCUT2D eigenvalue weighted by molar-refractivity contribution is 0.276. The largest absolute Gasteiger partial charge is 0.392 e. The number of aliphatic hydroxyl groups excluding tert-OH is 1. The summed E-state index contributed by atoms with van der Waals surface area (Å²) in [4.78, 5) is 0. The summed E-state index contributed by atoms with van der Waals surface area (Å²) in [5, 5.41) is 13.1. The maximum absolute atomic E-state index is 13.9. The zero-order valence-electron chi connectivity index (χ0n) is 9.02. The van der Waals surface area contributed by atoms with E-state index >= 15 is 0 Å². The first-order chi connectivity index (χ1) is 7.76. The first-order valence-electron chi connectivity index (χ1n) is 5.17. The number of aliphatic hydroxyl groups is 1. The van der Waals surface area contributed by atoms with Crippen LogP contribution in [0.1, 0.15) is 12.5 Å². The van der Waals surface area contributed by atoms with E-state index in [9.17, 15) is 4.39 Å². The van der Waals surface area contributed by atoms with E-state index in [1.54, 1.807) is 35.3 Å². The summed E-state index contributed by atoms with van der Waals surface area (Å²) < 4.78 is 15.6. The summed E-state index contributed by atoms with van der Waals surface area (Å²) in [7, 11) is 0. The number of rotatable bonds is 3. The SMILES string of the molecule is CCn1cc(-c2cccc(CO)c2F)cn1. The molecule has 0 spiro atoms. The molecular weight excluding hydrogens is 207 g/mol. The monoisotopic (exact) mass is 220 g/mol.